The van der Waals surface area contributed by atoms with Crippen LogP contribution in [-0.4, -0.2) is 64.2 Å². The maximum atomic E-state index is 11.7. The Morgan fingerprint density at radius 2 is 1.89 bits per heavy atom. The minimum Gasteiger partial charge on any atom is -0.481 e. The highest BCUT2D eigenvalue weighted by atomic mass is 32.2. The summed E-state index contributed by atoms with van der Waals surface area (Å²) in [5.74, 6) is -1.93. The molecule has 8 heteroatoms. The summed E-state index contributed by atoms with van der Waals surface area (Å²) in [4.78, 5) is 34.3. The average molecular weight is 278 g/mol. The highest BCUT2D eigenvalue weighted by Gasteiger charge is 2.25. The summed E-state index contributed by atoms with van der Waals surface area (Å²) in [5.41, 5.74) is 0. The molecule has 0 spiro atoms. The fraction of sp³-hybridized carbons (Fsp3) is 0.700. The molecule has 0 saturated heterocycles. The molecule has 0 aliphatic heterocycles. The molecule has 0 heterocycles. The number of carboxylic acid groups (broad SMARTS) is 2. The number of carbonyl (C=O) groups excluding carboxylic acids is 1. The van der Waals surface area contributed by atoms with Crippen LogP contribution in [0.1, 0.15) is 13.3 Å². The quantitative estimate of drug-likeness (QED) is 0.618. The molecule has 0 aromatic heterocycles. The van der Waals surface area contributed by atoms with Crippen LogP contribution in [0.2, 0.25) is 0 Å². The number of rotatable bonds is 7. The summed E-state index contributed by atoms with van der Waals surface area (Å²) in [6.07, 6.45) is 1.25. The maximum absolute atomic E-state index is 11.7. The van der Waals surface area contributed by atoms with Crippen LogP contribution in [0.3, 0.4) is 0 Å². The van der Waals surface area contributed by atoms with Gasteiger partial charge < -0.3 is 20.4 Å². The molecule has 0 rings (SSSR count). The van der Waals surface area contributed by atoms with Gasteiger partial charge in [-0.3, -0.25) is 4.79 Å². The van der Waals surface area contributed by atoms with Crippen molar-refractivity contribution in [3.05, 3.63) is 0 Å². The van der Waals surface area contributed by atoms with E-state index in [1.807, 2.05) is 13.2 Å². The number of nitrogens with zero attached hydrogens (tertiary/aromatic N) is 1. The second-order valence-electron chi connectivity index (χ2n) is 3.85. The first-order valence-corrected chi connectivity index (χ1v) is 6.65. The van der Waals surface area contributed by atoms with E-state index in [2.05, 4.69) is 5.32 Å². The summed E-state index contributed by atoms with van der Waals surface area (Å²) < 4.78 is 0. The molecule has 3 N–H and O–H groups in total. The molecule has 18 heavy (non-hydrogen) atoms. The third-order valence-corrected chi connectivity index (χ3v) is 3.18. The number of carboxylic acids is 2. The Morgan fingerprint density at radius 1 is 1.33 bits per heavy atom. The lowest BCUT2D eigenvalue weighted by Gasteiger charge is -2.26. The third-order valence-electron chi connectivity index (χ3n) is 2.36. The van der Waals surface area contributed by atoms with Crippen molar-refractivity contribution >= 4 is 29.7 Å². The van der Waals surface area contributed by atoms with E-state index in [4.69, 9.17) is 10.2 Å². The topological polar surface area (TPSA) is 107 Å². The van der Waals surface area contributed by atoms with E-state index in [1.54, 1.807) is 11.8 Å². The number of nitrogens with one attached hydrogen (secondary N) is 1. The summed E-state index contributed by atoms with van der Waals surface area (Å²) in [6, 6.07) is -2.08. The summed E-state index contributed by atoms with van der Waals surface area (Å²) in [7, 11) is 1.54. The molecule has 0 fully saturated rings. The smallest absolute Gasteiger partial charge is 0.326 e. The Labute approximate surface area is 110 Å². The molecule has 0 radical (unpaired) electrons. The first kappa shape index (κ1) is 16.6. The number of hydrogen-bond donors (Lipinski definition) is 3. The first-order chi connectivity index (χ1) is 8.29. The van der Waals surface area contributed by atoms with Gasteiger partial charge >= 0.3 is 18.0 Å². The van der Waals surface area contributed by atoms with E-state index in [1.165, 1.54) is 11.9 Å². The lowest BCUT2D eigenvalue weighted by Crippen LogP contribution is -2.50. The predicted molar refractivity (Wildman–Crippen MR) is 67.8 cm³/mol. The van der Waals surface area contributed by atoms with E-state index in [-0.39, 0.29) is 6.04 Å². The number of hydrogen-bond acceptors (Lipinski definition) is 4. The largest absolute Gasteiger partial charge is 0.481 e. The predicted octanol–water partition coefficient (Wildman–Crippen LogP) is 0.307. The summed E-state index contributed by atoms with van der Waals surface area (Å²) >= 11 is 1.56. The van der Waals surface area contributed by atoms with E-state index < -0.39 is 30.4 Å². The molecule has 7 nitrogen and oxygen atoms in total. The fourth-order valence-electron chi connectivity index (χ4n) is 1.18. The Balaban J connectivity index is 4.49. The van der Waals surface area contributed by atoms with Crippen molar-refractivity contribution in [2.24, 2.45) is 0 Å². The second kappa shape index (κ2) is 7.80. The molecule has 0 aliphatic carbocycles. The van der Waals surface area contributed by atoms with Crippen LogP contribution in [0, 0.1) is 0 Å². The molecule has 0 aliphatic rings. The molecule has 1 unspecified atom stereocenters. The van der Waals surface area contributed by atoms with E-state index in [9.17, 15) is 14.4 Å². The van der Waals surface area contributed by atoms with Crippen LogP contribution >= 0.6 is 11.8 Å². The summed E-state index contributed by atoms with van der Waals surface area (Å²) in [5, 5.41) is 19.5. The number of thioether (sulfide) groups is 1. The molecule has 2 atom stereocenters. The van der Waals surface area contributed by atoms with Gasteiger partial charge in [0.2, 0.25) is 0 Å². The van der Waals surface area contributed by atoms with Crippen molar-refractivity contribution in [3.63, 3.8) is 0 Å². The number of urea groups is 1. The van der Waals surface area contributed by atoms with Crippen LogP contribution in [0.15, 0.2) is 0 Å². The van der Waals surface area contributed by atoms with Crippen molar-refractivity contribution in [2.75, 3.05) is 19.1 Å². The Hall–Kier alpha value is -1.44. The van der Waals surface area contributed by atoms with Gasteiger partial charge in [0, 0.05) is 18.8 Å². The minimum atomic E-state index is -1.42. The zero-order valence-corrected chi connectivity index (χ0v) is 11.4. The average Bonchev–Trinajstić information content (AvgIpc) is 2.26. The van der Waals surface area contributed by atoms with Gasteiger partial charge in [-0.1, -0.05) is 0 Å². The Bertz CT molecular complexity index is 323. The van der Waals surface area contributed by atoms with Gasteiger partial charge in [0.05, 0.1) is 6.42 Å². The van der Waals surface area contributed by atoms with Crippen molar-refractivity contribution in [1.82, 2.24) is 10.2 Å². The Morgan fingerprint density at radius 3 is 2.28 bits per heavy atom. The van der Waals surface area contributed by atoms with Gasteiger partial charge in [0.15, 0.2) is 0 Å². The van der Waals surface area contributed by atoms with E-state index >= 15 is 0 Å². The standard InChI is InChI=1S/C10H18N2O5S/c1-6(5-18-3)12(2)10(17)11-7(9(15)16)4-8(13)14/h6-7H,4-5H2,1-3H3,(H,11,17)(H,13,14)(H,15,16)/t6?,7-/m0/s1. The van der Waals surface area contributed by atoms with Gasteiger partial charge in [0.25, 0.3) is 0 Å². The maximum Gasteiger partial charge on any atom is 0.326 e. The number of aliphatic carboxylic acids is 2. The monoisotopic (exact) mass is 278 g/mol. The molecular formula is C10H18N2O5S. The van der Waals surface area contributed by atoms with Gasteiger partial charge in [-0.25, -0.2) is 9.59 Å². The molecule has 2 amide bonds. The second-order valence-corrected chi connectivity index (χ2v) is 4.76. The molecular weight excluding hydrogens is 260 g/mol. The summed E-state index contributed by atoms with van der Waals surface area (Å²) in [6.45, 7) is 1.82. The highest BCUT2D eigenvalue weighted by molar-refractivity contribution is 7.98. The van der Waals surface area contributed by atoms with Crippen LogP contribution in [0.5, 0.6) is 0 Å². The molecule has 0 bridgehead atoms. The van der Waals surface area contributed by atoms with Crippen molar-refractivity contribution in [3.8, 4) is 0 Å². The van der Waals surface area contributed by atoms with Gasteiger partial charge in [-0.05, 0) is 13.2 Å². The van der Waals surface area contributed by atoms with E-state index in [0.717, 1.165) is 0 Å². The van der Waals surface area contributed by atoms with Crippen LogP contribution in [0.25, 0.3) is 0 Å². The fourth-order valence-corrected chi connectivity index (χ4v) is 1.88. The zero-order chi connectivity index (χ0) is 14.3. The van der Waals surface area contributed by atoms with E-state index in [0.29, 0.717) is 5.75 Å². The van der Waals surface area contributed by atoms with Crippen LogP contribution in [-0.2, 0) is 9.59 Å². The van der Waals surface area contributed by atoms with Crippen LogP contribution < -0.4 is 5.32 Å². The van der Waals surface area contributed by atoms with Gasteiger partial charge in [0.1, 0.15) is 6.04 Å². The number of carbonyl (C=O) groups is 3. The first-order valence-electron chi connectivity index (χ1n) is 5.26. The van der Waals surface area contributed by atoms with Gasteiger partial charge in [-0.2, -0.15) is 11.8 Å². The van der Waals surface area contributed by atoms with Crippen molar-refractivity contribution < 1.29 is 24.6 Å². The van der Waals surface area contributed by atoms with Crippen molar-refractivity contribution in [2.45, 2.75) is 25.4 Å². The molecule has 104 valence electrons. The lowest BCUT2D eigenvalue weighted by atomic mass is 10.2. The normalized spacial score (nSPS) is 13.5. The molecule has 0 aromatic rings. The third kappa shape index (κ3) is 5.76. The minimum absolute atomic E-state index is 0.0701. The lowest BCUT2D eigenvalue weighted by molar-refractivity contribution is -0.145. The Kier molecular flexibility index (Phi) is 7.18. The SMILES string of the molecule is CSCC(C)N(C)C(=O)N[C@@H](CC(=O)O)C(=O)O. The molecule has 0 saturated carbocycles. The van der Waals surface area contributed by atoms with Gasteiger partial charge in [-0.15, -0.1) is 0 Å². The van der Waals surface area contributed by atoms with Crippen molar-refractivity contribution in [1.29, 1.82) is 0 Å². The number of amides is 2. The molecule has 0 aromatic carbocycles. The highest BCUT2D eigenvalue weighted by Crippen LogP contribution is 2.04. The zero-order valence-electron chi connectivity index (χ0n) is 10.5. The van der Waals surface area contributed by atoms with Crippen LogP contribution in [0.4, 0.5) is 4.79 Å².